The van der Waals surface area contributed by atoms with E-state index in [2.05, 4.69) is 0 Å². The molecule has 7 aromatic rings. The molecule has 0 saturated carbocycles. The van der Waals surface area contributed by atoms with Crippen LogP contribution in [0.25, 0.3) is 0 Å². The van der Waals surface area contributed by atoms with Gasteiger partial charge in [0.15, 0.2) is 19.7 Å². The minimum atomic E-state index is -4.08. The van der Waals surface area contributed by atoms with Gasteiger partial charge in [0.1, 0.15) is 22.6 Å². The average Bonchev–Trinajstić information content (AvgIpc) is 3.90. The molecule has 0 radical (unpaired) electrons. The van der Waals surface area contributed by atoms with Gasteiger partial charge in [0.05, 0.1) is 32.6 Å². The van der Waals surface area contributed by atoms with E-state index in [1.54, 1.807) is 119 Å². The van der Waals surface area contributed by atoms with Crippen LogP contribution in [-0.2, 0) is 19.7 Å². The van der Waals surface area contributed by atoms with Crippen molar-refractivity contribution in [3.63, 3.8) is 0 Å². The molecule has 0 N–H and O–H groups in total. The summed E-state index contributed by atoms with van der Waals surface area (Å²) in [6.45, 7) is 0. The molecule has 9 rings (SSSR count). The minimum absolute atomic E-state index is 0.165. The highest BCUT2D eigenvalue weighted by molar-refractivity contribution is 7.93. The topological polar surface area (TPSA) is 99.5 Å². The number of halogens is 2. The second kappa shape index (κ2) is 16.2. The average molecular weight is 868 g/mol. The summed E-state index contributed by atoms with van der Waals surface area (Å²) in [6.07, 6.45) is 0. The van der Waals surface area contributed by atoms with Crippen LogP contribution in [0.5, 0.6) is 0 Å². The molecule has 4 atom stereocenters. The molecule has 2 heterocycles. The van der Waals surface area contributed by atoms with E-state index >= 15 is 0 Å². The van der Waals surface area contributed by atoms with Gasteiger partial charge in [0.25, 0.3) is 0 Å². The fourth-order valence-electron chi connectivity index (χ4n) is 7.98. The molecule has 0 fully saturated rings. The Balaban J connectivity index is 1.21. The maximum absolute atomic E-state index is 15.0. The van der Waals surface area contributed by atoms with Crippen molar-refractivity contribution in [3.8, 4) is 0 Å². The first-order valence-electron chi connectivity index (χ1n) is 19.2. The van der Waals surface area contributed by atoms with Crippen molar-refractivity contribution < 1.29 is 16.8 Å². The normalized spacial score (nSPS) is 19.2. The summed E-state index contributed by atoms with van der Waals surface area (Å²) >= 11 is 12.6. The molecule has 2 aliphatic rings. The maximum atomic E-state index is 15.0. The van der Waals surface area contributed by atoms with Crippen molar-refractivity contribution in [3.05, 3.63) is 226 Å². The molecular formula is C48H36Cl2N4O4S2. The van der Waals surface area contributed by atoms with E-state index in [-0.39, 0.29) is 9.79 Å². The summed E-state index contributed by atoms with van der Waals surface area (Å²) in [7, 11) is -8.15. The number of benzene rings is 7. The Morgan fingerprint density at radius 1 is 0.383 bits per heavy atom. The van der Waals surface area contributed by atoms with Crippen LogP contribution in [0, 0.1) is 0 Å². The zero-order valence-electron chi connectivity index (χ0n) is 31.8. The molecule has 60 heavy (non-hydrogen) atoms. The fourth-order valence-corrected chi connectivity index (χ4v) is 12.1. The summed E-state index contributed by atoms with van der Waals surface area (Å²) in [4.78, 5) is 0.331. The van der Waals surface area contributed by atoms with Gasteiger partial charge in [0.2, 0.25) is 0 Å². The lowest BCUT2D eigenvalue weighted by atomic mass is 9.93. The molecule has 12 heteroatoms. The van der Waals surface area contributed by atoms with Crippen molar-refractivity contribution in [1.29, 1.82) is 0 Å². The molecule has 8 nitrogen and oxygen atoms in total. The molecule has 0 spiro atoms. The highest BCUT2D eigenvalue weighted by Crippen LogP contribution is 2.45. The number of hydrogen-bond donors (Lipinski definition) is 0. The van der Waals surface area contributed by atoms with Crippen molar-refractivity contribution >= 4 is 65.7 Å². The number of hydrazone groups is 2. The number of para-hydroxylation sites is 2. The van der Waals surface area contributed by atoms with Crippen LogP contribution in [0.15, 0.2) is 214 Å². The molecule has 0 aromatic heterocycles. The summed E-state index contributed by atoms with van der Waals surface area (Å²) < 4.78 is 59.9. The van der Waals surface area contributed by atoms with Gasteiger partial charge in [-0.2, -0.15) is 10.2 Å². The van der Waals surface area contributed by atoms with Crippen LogP contribution in [0.4, 0.5) is 11.4 Å². The van der Waals surface area contributed by atoms with Crippen molar-refractivity contribution in [2.45, 2.75) is 32.4 Å². The van der Waals surface area contributed by atoms with E-state index in [4.69, 9.17) is 33.4 Å². The molecule has 0 saturated heterocycles. The summed E-state index contributed by atoms with van der Waals surface area (Å²) in [6, 6.07) is 55.6. The minimum Gasteiger partial charge on any atom is -0.256 e. The molecule has 0 bridgehead atoms. The maximum Gasteiger partial charge on any atom is 0.189 e. The second-order valence-electron chi connectivity index (χ2n) is 14.5. The summed E-state index contributed by atoms with van der Waals surface area (Å²) in [5, 5.41) is 12.4. The van der Waals surface area contributed by atoms with E-state index < -0.39 is 42.3 Å². The van der Waals surface area contributed by atoms with E-state index in [1.165, 1.54) is 0 Å². The van der Waals surface area contributed by atoms with Crippen LogP contribution in [0.1, 0.15) is 34.3 Å². The van der Waals surface area contributed by atoms with Crippen LogP contribution in [0.3, 0.4) is 0 Å². The highest BCUT2D eigenvalue weighted by atomic mass is 35.5. The lowest BCUT2D eigenvalue weighted by Crippen LogP contribution is -2.38. The molecule has 4 unspecified atom stereocenters. The Bertz CT molecular complexity index is 2720. The highest BCUT2D eigenvalue weighted by Gasteiger charge is 2.50. The van der Waals surface area contributed by atoms with Crippen molar-refractivity contribution in [1.82, 2.24) is 0 Å². The number of hydrogen-bond acceptors (Lipinski definition) is 8. The number of nitrogens with zero attached hydrogens (tertiary/aromatic N) is 4. The van der Waals surface area contributed by atoms with Gasteiger partial charge >= 0.3 is 0 Å². The van der Waals surface area contributed by atoms with Crippen LogP contribution >= 0.6 is 23.2 Å². The lowest BCUT2D eigenvalue weighted by molar-refractivity contribution is 0.575. The Morgan fingerprint density at radius 2 is 0.683 bits per heavy atom. The summed E-state index contributed by atoms with van der Waals surface area (Å²) in [5.74, 6) is 0. The smallest absolute Gasteiger partial charge is 0.189 e. The molecule has 298 valence electrons. The molecule has 7 aromatic carbocycles. The first-order chi connectivity index (χ1) is 29.1. The second-order valence-corrected chi connectivity index (χ2v) is 19.5. The van der Waals surface area contributed by atoms with Gasteiger partial charge in [-0.1, -0.05) is 145 Å². The molecular weight excluding hydrogens is 832 g/mol. The fraction of sp³-hybridized carbons (Fsp3) is 0.0833. The third-order valence-corrected chi connectivity index (χ3v) is 15.5. The first-order valence-corrected chi connectivity index (χ1v) is 23.0. The number of rotatable bonds is 10. The van der Waals surface area contributed by atoms with E-state index in [0.29, 0.717) is 55.1 Å². The van der Waals surface area contributed by atoms with Gasteiger partial charge in [-0.15, -0.1) is 0 Å². The van der Waals surface area contributed by atoms with Crippen LogP contribution in [0.2, 0.25) is 10.0 Å². The first kappa shape index (κ1) is 39.4. The third kappa shape index (κ3) is 7.30. The molecule has 2 aliphatic heterocycles. The standard InChI is InChI=1S/C48H36Cl2N4O4S2/c49-37-29-25-33(26-30-37)43-47(59(55,56)41-17-9-3-10-18-41)45(53(51-43)39-13-5-1-6-14-39)35-21-23-36(24-22-35)46-48(60(57,58)42-19-11-4-12-20-42)44(34-27-31-38(50)32-28-34)52-54(46)40-15-7-2-8-16-40/h1-32,45-48H. The van der Waals surface area contributed by atoms with Gasteiger partial charge in [-0.05, 0) is 95.1 Å². The van der Waals surface area contributed by atoms with Gasteiger partial charge < -0.3 is 0 Å². The van der Waals surface area contributed by atoms with E-state index in [0.717, 1.165) is 0 Å². The van der Waals surface area contributed by atoms with E-state index in [1.807, 2.05) is 84.9 Å². The van der Waals surface area contributed by atoms with Gasteiger partial charge in [-0.3, -0.25) is 10.0 Å². The summed E-state index contributed by atoms with van der Waals surface area (Å²) in [5.41, 5.74) is 4.69. The van der Waals surface area contributed by atoms with Crippen LogP contribution < -0.4 is 10.0 Å². The van der Waals surface area contributed by atoms with E-state index in [9.17, 15) is 16.8 Å². The lowest BCUT2D eigenvalue weighted by Gasteiger charge is -2.30. The van der Waals surface area contributed by atoms with Gasteiger partial charge in [-0.25, -0.2) is 16.8 Å². The Labute approximate surface area is 359 Å². The third-order valence-electron chi connectivity index (χ3n) is 10.8. The SMILES string of the molecule is O=S(=O)(c1ccccc1)C1C(c2ccc(Cl)cc2)=NN(c2ccccc2)C1c1ccc(C2C(S(=O)(=O)c3ccccc3)C(c3ccc(Cl)cc3)=NN2c2ccccc2)cc1. The Kier molecular flexibility index (Phi) is 10.6. The zero-order valence-corrected chi connectivity index (χ0v) is 34.9. The monoisotopic (exact) mass is 866 g/mol. The molecule has 0 amide bonds. The van der Waals surface area contributed by atoms with Crippen molar-refractivity contribution in [2.24, 2.45) is 10.2 Å². The Hall–Kier alpha value is -6.04. The van der Waals surface area contributed by atoms with Gasteiger partial charge in [0, 0.05) is 10.0 Å². The Morgan fingerprint density at radius 3 is 1.00 bits per heavy atom. The largest absolute Gasteiger partial charge is 0.256 e. The van der Waals surface area contributed by atoms with Crippen LogP contribution in [-0.4, -0.2) is 38.8 Å². The van der Waals surface area contributed by atoms with Crippen molar-refractivity contribution in [2.75, 3.05) is 10.0 Å². The predicted molar refractivity (Wildman–Crippen MR) is 241 cm³/mol. The molecule has 0 aliphatic carbocycles. The zero-order chi connectivity index (χ0) is 41.4. The predicted octanol–water partition coefficient (Wildman–Crippen LogP) is 10.6. The quantitative estimate of drug-likeness (QED) is 0.136. The number of sulfone groups is 2. The number of anilines is 2.